The maximum atomic E-state index is 11.9. The van der Waals surface area contributed by atoms with Crippen LogP contribution in [0.15, 0.2) is 35.2 Å². The van der Waals surface area contributed by atoms with Crippen molar-refractivity contribution < 1.29 is 13.0 Å². The predicted molar refractivity (Wildman–Crippen MR) is 131 cm³/mol. The Morgan fingerprint density at radius 1 is 0.708 bits per heavy atom. The second-order valence-electron chi connectivity index (χ2n) is 5.34. The summed E-state index contributed by atoms with van der Waals surface area (Å²) in [5.74, 6) is 0. The van der Waals surface area contributed by atoms with Gasteiger partial charge in [-0.25, -0.2) is 0 Å². The molecule has 0 heterocycles. The minimum atomic E-state index is -4.29. The Kier molecular flexibility index (Phi) is 4.64. The number of halogens is 4. The van der Waals surface area contributed by atoms with Crippen molar-refractivity contribution in [2.75, 3.05) is 0 Å². The molecule has 0 atom stereocenters. The van der Waals surface area contributed by atoms with Crippen LogP contribution in [-0.4, -0.2) is 13.0 Å². The standard InChI is InChI=1S/C16H6I4O3S/c17-10-5-11(18)7-2-4-9-13-8(3-1-6(10)12(7)13)14(19)16(15(9)20)24(21,22)23/h1-5H,(H,21,22,23). The number of benzene rings is 4. The van der Waals surface area contributed by atoms with Gasteiger partial charge in [-0.2, -0.15) is 8.42 Å². The smallest absolute Gasteiger partial charge is 0.282 e. The molecule has 4 rings (SSSR count). The molecule has 0 saturated carbocycles. The Morgan fingerprint density at radius 2 is 1.08 bits per heavy atom. The van der Waals surface area contributed by atoms with Gasteiger partial charge in [0.15, 0.2) is 0 Å². The van der Waals surface area contributed by atoms with Crippen molar-refractivity contribution in [3.63, 3.8) is 0 Å². The third-order valence-corrected chi connectivity index (χ3v) is 9.74. The van der Waals surface area contributed by atoms with Crippen molar-refractivity contribution in [1.29, 1.82) is 0 Å². The highest BCUT2D eigenvalue weighted by atomic mass is 127. The molecule has 0 aliphatic heterocycles. The first-order valence-corrected chi connectivity index (χ1v) is 12.4. The largest absolute Gasteiger partial charge is 0.296 e. The molecule has 0 aliphatic carbocycles. The maximum absolute atomic E-state index is 11.9. The fourth-order valence-electron chi connectivity index (χ4n) is 3.09. The van der Waals surface area contributed by atoms with Gasteiger partial charge in [0.2, 0.25) is 0 Å². The van der Waals surface area contributed by atoms with E-state index in [1.165, 1.54) is 7.14 Å². The molecule has 0 radical (unpaired) electrons. The molecule has 122 valence electrons. The third kappa shape index (κ3) is 2.57. The van der Waals surface area contributed by atoms with E-state index in [0.29, 0.717) is 7.14 Å². The molecule has 0 saturated heterocycles. The van der Waals surface area contributed by atoms with Gasteiger partial charge in [-0.05, 0) is 129 Å². The molecule has 0 amide bonds. The first kappa shape index (κ1) is 18.1. The summed E-state index contributed by atoms with van der Waals surface area (Å²) in [5, 5.41) is 6.25. The van der Waals surface area contributed by atoms with Gasteiger partial charge in [0, 0.05) is 14.3 Å². The molecule has 0 aliphatic rings. The van der Waals surface area contributed by atoms with Gasteiger partial charge in [-0.3, -0.25) is 4.55 Å². The minimum absolute atomic E-state index is 0.000949. The maximum Gasteiger partial charge on any atom is 0.296 e. The summed E-state index contributed by atoms with van der Waals surface area (Å²) >= 11 is 8.72. The number of hydrogen-bond acceptors (Lipinski definition) is 2. The van der Waals surface area contributed by atoms with Gasteiger partial charge in [0.05, 0.1) is 0 Å². The van der Waals surface area contributed by atoms with Crippen LogP contribution in [0.5, 0.6) is 0 Å². The summed E-state index contributed by atoms with van der Waals surface area (Å²) in [7, 11) is -4.29. The Labute approximate surface area is 192 Å². The average molecular weight is 786 g/mol. The Hall–Kier alpha value is 0.750. The molecule has 8 heteroatoms. The van der Waals surface area contributed by atoms with Gasteiger partial charge >= 0.3 is 0 Å². The zero-order chi connectivity index (χ0) is 17.4. The fourth-order valence-corrected chi connectivity index (χ4v) is 9.51. The second-order valence-corrected chi connectivity index (χ2v) is 11.2. The van der Waals surface area contributed by atoms with Crippen LogP contribution >= 0.6 is 90.4 Å². The van der Waals surface area contributed by atoms with Crippen molar-refractivity contribution in [2.45, 2.75) is 4.90 Å². The van der Waals surface area contributed by atoms with Crippen LogP contribution in [0.2, 0.25) is 0 Å². The van der Waals surface area contributed by atoms with E-state index >= 15 is 0 Å². The summed E-state index contributed by atoms with van der Waals surface area (Å²) in [5.41, 5.74) is 0. The molecule has 24 heavy (non-hydrogen) atoms. The van der Waals surface area contributed by atoms with E-state index in [1.54, 1.807) is 0 Å². The molecular formula is C16H6I4O3S. The Balaban J connectivity index is 2.42. The summed E-state index contributed by atoms with van der Waals surface area (Å²) < 4.78 is 36.9. The summed E-state index contributed by atoms with van der Waals surface area (Å²) in [4.78, 5) is -0.000949. The van der Waals surface area contributed by atoms with Crippen molar-refractivity contribution in [2.24, 2.45) is 0 Å². The lowest BCUT2D eigenvalue weighted by atomic mass is 9.94. The lowest BCUT2D eigenvalue weighted by molar-refractivity contribution is 0.482. The minimum Gasteiger partial charge on any atom is -0.282 e. The lowest BCUT2D eigenvalue weighted by Crippen LogP contribution is -2.06. The van der Waals surface area contributed by atoms with Gasteiger partial charge in [0.1, 0.15) is 4.90 Å². The molecule has 0 unspecified atom stereocenters. The van der Waals surface area contributed by atoms with Crippen molar-refractivity contribution in [3.05, 3.63) is 44.6 Å². The highest BCUT2D eigenvalue weighted by Crippen LogP contribution is 2.43. The quantitative estimate of drug-likeness (QED) is 0.141. The van der Waals surface area contributed by atoms with Crippen molar-refractivity contribution in [3.8, 4) is 0 Å². The molecule has 0 aromatic heterocycles. The highest BCUT2D eigenvalue weighted by molar-refractivity contribution is 14.1. The topological polar surface area (TPSA) is 54.4 Å². The van der Waals surface area contributed by atoms with E-state index in [0.717, 1.165) is 32.3 Å². The van der Waals surface area contributed by atoms with E-state index in [2.05, 4.69) is 51.2 Å². The molecule has 0 fully saturated rings. The summed E-state index contributed by atoms with van der Waals surface area (Å²) in [6.07, 6.45) is 0. The molecule has 4 aromatic carbocycles. The van der Waals surface area contributed by atoms with Gasteiger partial charge < -0.3 is 0 Å². The monoisotopic (exact) mass is 786 g/mol. The van der Waals surface area contributed by atoms with E-state index in [9.17, 15) is 13.0 Å². The second kappa shape index (κ2) is 6.14. The number of hydrogen-bond donors (Lipinski definition) is 1. The molecular weight excluding hydrogens is 780 g/mol. The van der Waals surface area contributed by atoms with Crippen molar-refractivity contribution in [1.82, 2.24) is 0 Å². The molecule has 3 nitrogen and oxygen atoms in total. The van der Waals surface area contributed by atoms with Crippen LogP contribution in [-0.2, 0) is 10.1 Å². The average Bonchev–Trinajstić information content (AvgIpc) is 2.49. The van der Waals surface area contributed by atoms with Crippen LogP contribution in [0.25, 0.3) is 32.3 Å². The Bertz CT molecular complexity index is 1190. The van der Waals surface area contributed by atoms with Crippen LogP contribution in [0.3, 0.4) is 0 Å². The van der Waals surface area contributed by atoms with E-state index in [4.69, 9.17) is 0 Å². The SMILES string of the molecule is O=S(=O)(O)c1c(I)c2ccc3c(I)cc(I)c4ccc(c1I)c2c34. The van der Waals surface area contributed by atoms with E-state index in [-0.39, 0.29) is 4.90 Å². The molecule has 4 aromatic rings. The van der Waals surface area contributed by atoms with E-state index in [1.807, 2.05) is 69.4 Å². The van der Waals surface area contributed by atoms with E-state index < -0.39 is 10.1 Å². The summed E-state index contributed by atoms with van der Waals surface area (Å²) in [6.45, 7) is 0. The zero-order valence-corrected chi connectivity index (χ0v) is 21.0. The first-order valence-electron chi connectivity index (χ1n) is 6.62. The third-order valence-electron chi connectivity index (χ3n) is 4.06. The first-order chi connectivity index (χ1) is 11.2. The van der Waals surface area contributed by atoms with Crippen molar-refractivity contribution >= 4 is 133 Å². The molecule has 1 N–H and O–H groups in total. The van der Waals surface area contributed by atoms with Crippen LogP contribution in [0.1, 0.15) is 0 Å². The van der Waals surface area contributed by atoms with Crippen LogP contribution < -0.4 is 0 Å². The van der Waals surface area contributed by atoms with Crippen LogP contribution in [0, 0.1) is 14.3 Å². The zero-order valence-electron chi connectivity index (χ0n) is 11.6. The molecule has 0 spiro atoms. The normalized spacial score (nSPS) is 12.7. The van der Waals surface area contributed by atoms with Gasteiger partial charge in [-0.15, -0.1) is 0 Å². The van der Waals surface area contributed by atoms with Gasteiger partial charge in [-0.1, -0.05) is 24.3 Å². The predicted octanol–water partition coefficient (Wildman–Crippen LogP) is 6.25. The lowest BCUT2D eigenvalue weighted by Gasteiger charge is -2.17. The molecule has 0 bridgehead atoms. The van der Waals surface area contributed by atoms with Gasteiger partial charge in [0.25, 0.3) is 10.1 Å². The van der Waals surface area contributed by atoms with Crippen LogP contribution in [0.4, 0.5) is 0 Å². The fraction of sp³-hybridized carbons (Fsp3) is 0. The Morgan fingerprint density at radius 3 is 1.50 bits per heavy atom. The number of rotatable bonds is 1. The summed E-state index contributed by atoms with van der Waals surface area (Å²) in [6, 6.07) is 10.1. The highest BCUT2D eigenvalue weighted by Gasteiger charge is 2.25.